The number of ether oxygens (including phenoxy) is 1. The van der Waals surface area contributed by atoms with Gasteiger partial charge in [0, 0.05) is 12.3 Å². The van der Waals surface area contributed by atoms with Gasteiger partial charge in [-0.05, 0) is 0 Å². The molecule has 0 amide bonds. The second kappa shape index (κ2) is 2.87. The van der Waals surface area contributed by atoms with Gasteiger partial charge in [0.2, 0.25) is 0 Å². The van der Waals surface area contributed by atoms with Crippen molar-refractivity contribution < 1.29 is 9.53 Å². The highest BCUT2D eigenvalue weighted by Crippen LogP contribution is 2.30. The Hall–Kier alpha value is -1.32. The third-order valence-electron chi connectivity index (χ3n) is 2.15. The molecule has 1 aromatic heterocycles. The third kappa shape index (κ3) is 1.22. The Labute approximate surface area is 76.3 Å². The molecule has 70 valence electrons. The first-order valence-electron chi connectivity index (χ1n) is 4.44. The van der Waals surface area contributed by atoms with Crippen LogP contribution in [0.4, 0.5) is 0 Å². The molecule has 1 aliphatic heterocycles. The maximum absolute atomic E-state index is 11.4. The molecule has 1 aliphatic rings. The van der Waals surface area contributed by atoms with Crippen LogP contribution >= 0.6 is 0 Å². The summed E-state index contributed by atoms with van der Waals surface area (Å²) in [4.78, 5) is 11.4. The minimum absolute atomic E-state index is 0.0978. The van der Waals surface area contributed by atoms with Gasteiger partial charge >= 0.3 is 0 Å². The summed E-state index contributed by atoms with van der Waals surface area (Å²) in [7, 11) is 0. The van der Waals surface area contributed by atoms with Crippen LogP contribution < -0.4 is 4.74 Å². The molecule has 0 unspecified atom stereocenters. The number of aromatic nitrogens is 2. The summed E-state index contributed by atoms with van der Waals surface area (Å²) in [5.41, 5.74) is 1.39. The molecule has 0 bridgehead atoms. The van der Waals surface area contributed by atoms with Crippen LogP contribution in [0.5, 0.6) is 5.75 Å². The maximum Gasteiger partial charge on any atom is 0.187 e. The van der Waals surface area contributed by atoms with Crippen molar-refractivity contribution in [1.82, 2.24) is 10.2 Å². The summed E-state index contributed by atoms with van der Waals surface area (Å²) in [6.07, 6.45) is 0.451. The molecule has 0 aliphatic carbocycles. The number of aromatic amines is 1. The lowest BCUT2D eigenvalue weighted by Crippen LogP contribution is -2.15. The lowest BCUT2D eigenvalue weighted by molar-refractivity contribution is 0.0928. The maximum atomic E-state index is 11.4. The largest absolute Gasteiger partial charge is 0.489 e. The number of fused-ring (bicyclic) bond motifs is 1. The zero-order valence-corrected chi connectivity index (χ0v) is 7.76. The zero-order valence-electron chi connectivity index (χ0n) is 7.76. The van der Waals surface area contributed by atoms with Crippen LogP contribution in [-0.4, -0.2) is 22.6 Å². The summed E-state index contributed by atoms with van der Waals surface area (Å²) in [5, 5.41) is 6.81. The minimum Gasteiger partial charge on any atom is -0.489 e. The fourth-order valence-electron chi connectivity index (χ4n) is 1.44. The highest BCUT2D eigenvalue weighted by molar-refractivity contribution is 5.98. The van der Waals surface area contributed by atoms with Crippen molar-refractivity contribution in [3.63, 3.8) is 0 Å². The van der Waals surface area contributed by atoms with Crippen molar-refractivity contribution in [2.45, 2.75) is 26.2 Å². The molecule has 2 rings (SSSR count). The van der Waals surface area contributed by atoms with E-state index in [1.165, 1.54) is 0 Å². The smallest absolute Gasteiger partial charge is 0.187 e. The number of rotatable bonds is 1. The van der Waals surface area contributed by atoms with E-state index in [0.717, 1.165) is 5.69 Å². The Kier molecular flexibility index (Phi) is 1.83. The molecule has 0 aromatic carbocycles. The SMILES string of the molecule is CC(C)c1n[nH]c2c1OCCC2=O. The van der Waals surface area contributed by atoms with Crippen molar-refractivity contribution in [3.8, 4) is 5.75 Å². The van der Waals surface area contributed by atoms with Crippen molar-refractivity contribution >= 4 is 5.78 Å². The van der Waals surface area contributed by atoms with Gasteiger partial charge in [-0.2, -0.15) is 5.10 Å². The van der Waals surface area contributed by atoms with E-state index in [2.05, 4.69) is 10.2 Å². The minimum atomic E-state index is 0.0978. The van der Waals surface area contributed by atoms with E-state index in [1.807, 2.05) is 13.8 Å². The molecule has 0 saturated carbocycles. The Morgan fingerprint density at radius 3 is 3.00 bits per heavy atom. The van der Waals surface area contributed by atoms with Crippen molar-refractivity contribution in [2.24, 2.45) is 0 Å². The number of ketones is 1. The topological polar surface area (TPSA) is 55.0 Å². The lowest BCUT2D eigenvalue weighted by atomic mass is 10.1. The molecule has 1 N–H and O–H groups in total. The Morgan fingerprint density at radius 1 is 1.54 bits per heavy atom. The molecule has 4 nitrogen and oxygen atoms in total. The molecule has 13 heavy (non-hydrogen) atoms. The first-order valence-corrected chi connectivity index (χ1v) is 4.44. The zero-order chi connectivity index (χ0) is 9.42. The fourth-order valence-corrected chi connectivity index (χ4v) is 1.44. The van der Waals surface area contributed by atoms with Gasteiger partial charge in [-0.3, -0.25) is 9.89 Å². The number of hydrogen-bond donors (Lipinski definition) is 1. The van der Waals surface area contributed by atoms with Crippen LogP contribution in [0, 0.1) is 0 Å². The van der Waals surface area contributed by atoms with E-state index in [1.54, 1.807) is 0 Å². The van der Waals surface area contributed by atoms with Gasteiger partial charge in [-0.25, -0.2) is 0 Å². The number of nitrogens with one attached hydrogen (secondary N) is 1. The second-order valence-electron chi connectivity index (χ2n) is 3.49. The van der Waals surface area contributed by atoms with E-state index in [4.69, 9.17) is 4.74 Å². The van der Waals surface area contributed by atoms with Gasteiger partial charge in [0.25, 0.3) is 0 Å². The molecule has 0 atom stereocenters. The van der Waals surface area contributed by atoms with Gasteiger partial charge in [-0.1, -0.05) is 13.8 Å². The molecule has 2 heterocycles. The molecule has 0 fully saturated rings. The highest BCUT2D eigenvalue weighted by Gasteiger charge is 2.25. The summed E-state index contributed by atoms with van der Waals surface area (Å²) in [6.45, 7) is 4.53. The van der Waals surface area contributed by atoms with Crippen LogP contribution in [0.2, 0.25) is 0 Å². The Morgan fingerprint density at radius 2 is 2.31 bits per heavy atom. The lowest BCUT2D eigenvalue weighted by Gasteiger charge is -2.13. The van der Waals surface area contributed by atoms with Crippen LogP contribution in [0.1, 0.15) is 42.4 Å². The predicted octanol–water partition coefficient (Wildman–Crippen LogP) is 1.50. The highest BCUT2D eigenvalue weighted by atomic mass is 16.5. The van der Waals surface area contributed by atoms with Crippen molar-refractivity contribution in [3.05, 3.63) is 11.4 Å². The molecule has 0 radical (unpaired) electrons. The second-order valence-corrected chi connectivity index (χ2v) is 3.49. The quantitative estimate of drug-likeness (QED) is 0.712. The first kappa shape index (κ1) is 8.29. The van der Waals surface area contributed by atoms with Crippen molar-refractivity contribution in [1.29, 1.82) is 0 Å². The standard InChI is InChI=1S/C9H12N2O2/c1-5(2)7-9-8(11-10-7)6(12)3-4-13-9/h5H,3-4H2,1-2H3,(H,10,11). The van der Waals surface area contributed by atoms with Gasteiger partial charge in [0.05, 0.1) is 6.61 Å². The first-order chi connectivity index (χ1) is 6.20. The molecular weight excluding hydrogens is 168 g/mol. The molecule has 4 heteroatoms. The van der Waals surface area contributed by atoms with Gasteiger partial charge in [-0.15, -0.1) is 0 Å². The van der Waals surface area contributed by atoms with Gasteiger partial charge in [0.1, 0.15) is 11.4 Å². The summed E-state index contributed by atoms with van der Waals surface area (Å²) >= 11 is 0. The normalized spacial score (nSPS) is 15.8. The molecule has 0 spiro atoms. The van der Waals surface area contributed by atoms with E-state index in [-0.39, 0.29) is 11.7 Å². The van der Waals surface area contributed by atoms with Gasteiger partial charge < -0.3 is 4.74 Å². The summed E-state index contributed by atoms with van der Waals surface area (Å²) in [6, 6.07) is 0. The third-order valence-corrected chi connectivity index (χ3v) is 2.15. The Bertz CT molecular complexity index is 341. The van der Waals surface area contributed by atoms with E-state index in [0.29, 0.717) is 24.5 Å². The Balaban J connectivity index is 2.47. The predicted molar refractivity (Wildman–Crippen MR) is 47.1 cm³/mol. The van der Waals surface area contributed by atoms with Crippen LogP contribution in [0.25, 0.3) is 0 Å². The summed E-state index contributed by atoms with van der Waals surface area (Å²) < 4.78 is 5.41. The number of carbonyl (C=O) groups is 1. The van der Waals surface area contributed by atoms with Crippen molar-refractivity contribution in [2.75, 3.05) is 6.61 Å². The van der Waals surface area contributed by atoms with E-state index >= 15 is 0 Å². The number of nitrogens with zero attached hydrogens (tertiary/aromatic N) is 1. The van der Waals surface area contributed by atoms with E-state index < -0.39 is 0 Å². The number of H-pyrrole nitrogens is 1. The average molecular weight is 180 g/mol. The van der Waals surface area contributed by atoms with E-state index in [9.17, 15) is 4.79 Å². The number of Topliss-reactive ketones (excluding diaryl/α,β-unsaturated/α-hetero) is 1. The van der Waals surface area contributed by atoms with Crippen LogP contribution in [0.15, 0.2) is 0 Å². The molecule has 0 saturated heterocycles. The monoisotopic (exact) mass is 180 g/mol. The molecular formula is C9H12N2O2. The average Bonchev–Trinajstić information content (AvgIpc) is 2.48. The van der Waals surface area contributed by atoms with Crippen LogP contribution in [-0.2, 0) is 0 Å². The fraction of sp³-hybridized carbons (Fsp3) is 0.556. The number of hydrogen-bond acceptors (Lipinski definition) is 3. The number of carbonyl (C=O) groups excluding carboxylic acids is 1. The molecule has 1 aromatic rings. The van der Waals surface area contributed by atoms with Gasteiger partial charge in [0.15, 0.2) is 11.5 Å². The van der Waals surface area contributed by atoms with Crippen LogP contribution in [0.3, 0.4) is 0 Å². The summed E-state index contributed by atoms with van der Waals surface area (Å²) in [5.74, 6) is 1.04.